The number of aryl methyl sites for hydroxylation is 2. The van der Waals surface area contributed by atoms with E-state index in [-0.39, 0.29) is 5.92 Å². The largest absolute Gasteiger partial charge is 0.385 e. The minimum absolute atomic E-state index is 0.276. The van der Waals surface area contributed by atoms with E-state index in [1.165, 1.54) is 11.1 Å². The number of hydrogen-bond donors (Lipinski definition) is 1. The van der Waals surface area contributed by atoms with E-state index >= 15 is 0 Å². The molecule has 2 atom stereocenters. The molecule has 2 unspecified atom stereocenters. The maximum absolute atomic E-state index is 10.6. The summed E-state index contributed by atoms with van der Waals surface area (Å²) in [6.45, 7) is 10.3. The number of rotatable bonds is 3. The Morgan fingerprint density at radius 3 is 2.47 bits per heavy atom. The normalized spacial score (nSPS) is 17.2. The van der Waals surface area contributed by atoms with Crippen molar-refractivity contribution in [2.24, 2.45) is 5.92 Å². The van der Waals surface area contributed by atoms with Crippen LogP contribution in [0.4, 0.5) is 0 Å². The number of aliphatic hydroxyl groups is 1. The van der Waals surface area contributed by atoms with E-state index in [9.17, 15) is 5.11 Å². The van der Waals surface area contributed by atoms with E-state index in [0.717, 1.165) is 12.0 Å². The predicted octanol–water partition coefficient (Wildman–Crippen LogP) is 3.56. The molecule has 0 saturated carbocycles. The van der Waals surface area contributed by atoms with Gasteiger partial charge in [-0.25, -0.2) is 0 Å². The van der Waals surface area contributed by atoms with E-state index in [1.807, 2.05) is 6.92 Å². The van der Waals surface area contributed by atoms with Gasteiger partial charge in [0.2, 0.25) is 0 Å². The highest BCUT2D eigenvalue weighted by molar-refractivity contribution is 5.35. The average Bonchev–Trinajstić information content (AvgIpc) is 2.20. The van der Waals surface area contributed by atoms with Crippen LogP contribution in [-0.4, -0.2) is 5.11 Å². The van der Waals surface area contributed by atoms with Gasteiger partial charge in [0.15, 0.2) is 0 Å². The van der Waals surface area contributed by atoms with Crippen molar-refractivity contribution in [3.8, 4) is 0 Å². The molecule has 1 heteroatoms. The van der Waals surface area contributed by atoms with Gasteiger partial charge < -0.3 is 5.11 Å². The van der Waals surface area contributed by atoms with Crippen molar-refractivity contribution in [2.45, 2.75) is 46.6 Å². The summed E-state index contributed by atoms with van der Waals surface area (Å²) in [5.41, 5.74) is 2.73. The first-order valence-corrected chi connectivity index (χ1v) is 5.69. The summed E-state index contributed by atoms with van der Waals surface area (Å²) in [6.07, 6.45) is 0.986. The summed E-state index contributed by atoms with van der Waals surface area (Å²) in [7, 11) is 0. The van der Waals surface area contributed by atoms with Gasteiger partial charge >= 0.3 is 0 Å². The van der Waals surface area contributed by atoms with Crippen molar-refractivity contribution >= 4 is 0 Å². The van der Waals surface area contributed by atoms with Gasteiger partial charge in [0, 0.05) is 0 Å². The summed E-state index contributed by atoms with van der Waals surface area (Å²) in [4.78, 5) is 0. The fourth-order valence-electron chi connectivity index (χ4n) is 1.94. The van der Waals surface area contributed by atoms with Crippen LogP contribution in [0.25, 0.3) is 0 Å². The van der Waals surface area contributed by atoms with Crippen molar-refractivity contribution in [1.82, 2.24) is 0 Å². The smallest absolute Gasteiger partial charge is 0.0896 e. The molecule has 1 aromatic carbocycles. The lowest BCUT2D eigenvalue weighted by Gasteiger charge is -2.32. The molecule has 1 N–H and O–H groups in total. The zero-order chi connectivity index (χ0) is 11.6. The standard InChI is InChI=1S/C14H22O/c1-6-12(4)14(5,15)13-9-10(2)7-8-11(13)3/h7-9,12,15H,6H2,1-5H3. The fraction of sp³-hybridized carbons (Fsp3) is 0.571. The zero-order valence-corrected chi connectivity index (χ0v) is 10.5. The minimum atomic E-state index is -0.717. The molecule has 0 amide bonds. The molecule has 0 bridgehead atoms. The number of benzene rings is 1. The Hall–Kier alpha value is -0.820. The molecule has 1 rings (SSSR count). The Kier molecular flexibility index (Phi) is 3.56. The zero-order valence-electron chi connectivity index (χ0n) is 10.5. The Morgan fingerprint density at radius 1 is 1.33 bits per heavy atom. The second-order valence-electron chi connectivity index (χ2n) is 4.78. The van der Waals surface area contributed by atoms with Crippen LogP contribution in [0.2, 0.25) is 0 Å². The summed E-state index contributed by atoms with van der Waals surface area (Å²) >= 11 is 0. The molecule has 0 aliphatic heterocycles. The van der Waals surface area contributed by atoms with Gasteiger partial charge in [-0.15, -0.1) is 0 Å². The van der Waals surface area contributed by atoms with Crippen molar-refractivity contribution in [3.63, 3.8) is 0 Å². The van der Waals surface area contributed by atoms with Crippen molar-refractivity contribution in [2.75, 3.05) is 0 Å². The highest BCUT2D eigenvalue weighted by Gasteiger charge is 2.30. The minimum Gasteiger partial charge on any atom is -0.385 e. The van der Waals surface area contributed by atoms with Gasteiger partial charge in [-0.2, -0.15) is 0 Å². The van der Waals surface area contributed by atoms with Crippen molar-refractivity contribution in [3.05, 3.63) is 34.9 Å². The quantitative estimate of drug-likeness (QED) is 0.801. The lowest BCUT2D eigenvalue weighted by molar-refractivity contribution is -0.000585. The number of hydrogen-bond acceptors (Lipinski definition) is 1. The summed E-state index contributed by atoms with van der Waals surface area (Å²) in [6, 6.07) is 6.27. The molecular formula is C14H22O. The highest BCUT2D eigenvalue weighted by Crippen LogP contribution is 2.33. The second kappa shape index (κ2) is 4.36. The maximum atomic E-state index is 10.6. The first kappa shape index (κ1) is 12.3. The molecule has 84 valence electrons. The van der Waals surface area contributed by atoms with Crippen LogP contribution >= 0.6 is 0 Å². The topological polar surface area (TPSA) is 20.2 Å². The summed E-state index contributed by atoms with van der Waals surface area (Å²) in [5, 5.41) is 10.6. The molecule has 0 aromatic heterocycles. The van der Waals surface area contributed by atoms with E-state index < -0.39 is 5.60 Å². The molecule has 1 nitrogen and oxygen atoms in total. The van der Waals surface area contributed by atoms with E-state index in [1.54, 1.807) is 0 Å². The molecule has 15 heavy (non-hydrogen) atoms. The van der Waals surface area contributed by atoms with Crippen LogP contribution in [0.15, 0.2) is 18.2 Å². The summed E-state index contributed by atoms with van der Waals surface area (Å²) < 4.78 is 0. The lowest BCUT2D eigenvalue weighted by atomic mass is 9.80. The van der Waals surface area contributed by atoms with Gasteiger partial charge in [0.1, 0.15) is 0 Å². The van der Waals surface area contributed by atoms with Crippen LogP contribution in [0, 0.1) is 19.8 Å². The first-order chi connectivity index (χ1) is 6.89. The highest BCUT2D eigenvalue weighted by atomic mass is 16.3. The van der Waals surface area contributed by atoms with Crippen LogP contribution in [0.3, 0.4) is 0 Å². The van der Waals surface area contributed by atoms with Gasteiger partial charge in [0.25, 0.3) is 0 Å². The third kappa shape index (κ3) is 2.40. The molecular weight excluding hydrogens is 184 g/mol. The van der Waals surface area contributed by atoms with Crippen LogP contribution in [0.1, 0.15) is 43.9 Å². The van der Waals surface area contributed by atoms with Crippen LogP contribution in [0.5, 0.6) is 0 Å². The molecule has 1 aromatic rings. The van der Waals surface area contributed by atoms with Gasteiger partial charge in [-0.3, -0.25) is 0 Å². The summed E-state index contributed by atoms with van der Waals surface area (Å²) in [5.74, 6) is 0.276. The Labute approximate surface area is 93.1 Å². The molecule has 0 spiro atoms. The molecule has 0 fully saturated rings. The van der Waals surface area contributed by atoms with Crippen LogP contribution < -0.4 is 0 Å². The lowest BCUT2D eigenvalue weighted by Crippen LogP contribution is -2.30. The van der Waals surface area contributed by atoms with Gasteiger partial charge in [-0.1, -0.05) is 44.0 Å². The fourth-order valence-corrected chi connectivity index (χ4v) is 1.94. The predicted molar refractivity (Wildman–Crippen MR) is 64.9 cm³/mol. The molecule has 0 aliphatic rings. The third-order valence-corrected chi connectivity index (χ3v) is 3.51. The Balaban J connectivity index is 3.19. The Bertz CT molecular complexity index is 339. The van der Waals surface area contributed by atoms with E-state index in [0.29, 0.717) is 0 Å². The van der Waals surface area contributed by atoms with E-state index in [4.69, 9.17) is 0 Å². The van der Waals surface area contributed by atoms with Crippen molar-refractivity contribution in [1.29, 1.82) is 0 Å². The van der Waals surface area contributed by atoms with Gasteiger partial charge in [-0.05, 0) is 37.8 Å². The van der Waals surface area contributed by atoms with Crippen LogP contribution in [-0.2, 0) is 5.60 Å². The Morgan fingerprint density at radius 2 is 1.93 bits per heavy atom. The molecule has 0 radical (unpaired) electrons. The van der Waals surface area contributed by atoms with Gasteiger partial charge in [0.05, 0.1) is 5.60 Å². The van der Waals surface area contributed by atoms with E-state index in [2.05, 4.69) is 45.9 Å². The third-order valence-electron chi connectivity index (χ3n) is 3.51. The SMILES string of the molecule is CCC(C)C(C)(O)c1cc(C)ccc1C. The molecule has 0 heterocycles. The maximum Gasteiger partial charge on any atom is 0.0896 e. The molecule has 0 aliphatic carbocycles. The molecule has 0 saturated heterocycles. The van der Waals surface area contributed by atoms with Crippen molar-refractivity contribution < 1.29 is 5.11 Å². The second-order valence-corrected chi connectivity index (χ2v) is 4.78. The average molecular weight is 206 g/mol. The first-order valence-electron chi connectivity index (χ1n) is 5.69. The monoisotopic (exact) mass is 206 g/mol.